The van der Waals surface area contributed by atoms with Gasteiger partial charge in [-0.2, -0.15) is 0 Å². The minimum absolute atomic E-state index is 0.120. The number of carbonyl (C=O) groups is 1. The van der Waals surface area contributed by atoms with Crippen molar-refractivity contribution in [3.8, 4) is 0 Å². The fourth-order valence-electron chi connectivity index (χ4n) is 2.76. The quantitative estimate of drug-likeness (QED) is 0.629. The molecular weight excluding hydrogens is 174 g/mol. The van der Waals surface area contributed by atoms with Crippen LogP contribution in [-0.2, 0) is 16.6 Å². The van der Waals surface area contributed by atoms with Gasteiger partial charge in [0.1, 0.15) is 5.78 Å². The highest BCUT2D eigenvalue weighted by atomic mass is 16.1. The minimum atomic E-state index is -0.120. The predicted octanol–water partition coefficient (Wildman–Crippen LogP) is 1.82. The number of fused-ring (bicyclic) bond motifs is 2. The van der Waals surface area contributed by atoms with Gasteiger partial charge in [0.15, 0.2) is 0 Å². The second-order valence-electron chi connectivity index (χ2n) is 4.45. The van der Waals surface area contributed by atoms with Crippen molar-refractivity contribution >= 4 is 11.5 Å². The van der Waals surface area contributed by atoms with E-state index in [1.807, 2.05) is 18.2 Å². The topological polar surface area (TPSA) is 43.1 Å². The van der Waals surface area contributed by atoms with Gasteiger partial charge in [0.05, 0.1) is 5.41 Å². The van der Waals surface area contributed by atoms with E-state index in [9.17, 15) is 4.79 Å². The molecule has 1 aromatic rings. The number of hydrogen-bond acceptors (Lipinski definition) is 2. The number of Topliss-reactive ketones (excluding diaryl/α,β-unsaturated/α-hetero) is 1. The summed E-state index contributed by atoms with van der Waals surface area (Å²) in [6.07, 6.45) is 3.86. The van der Waals surface area contributed by atoms with Crippen molar-refractivity contribution in [3.05, 3.63) is 29.3 Å². The third kappa shape index (κ3) is 0.788. The normalized spacial score (nSPS) is 22.1. The highest BCUT2D eigenvalue weighted by Crippen LogP contribution is 2.50. The number of rotatable bonds is 0. The standard InChI is InChI=1S/C12H13NO/c13-9-3-2-8-6-11(14)12(4-1-5-12)10(8)7-9/h2-3,7H,1,4-6,13H2. The maximum atomic E-state index is 11.9. The van der Waals surface area contributed by atoms with E-state index in [1.165, 1.54) is 17.5 Å². The van der Waals surface area contributed by atoms with Crippen LogP contribution in [0.1, 0.15) is 30.4 Å². The molecule has 14 heavy (non-hydrogen) atoms. The van der Waals surface area contributed by atoms with E-state index in [0.717, 1.165) is 18.5 Å². The molecule has 0 atom stereocenters. The van der Waals surface area contributed by atoms with Crippen LogP contribution >= 0.6 is 0 Å². The lowest BCUT2D eigenvalue weighted by molar-refractivity contribution is -0.125. The first-order chi connectivity index (χ1) is 6.72. The summed E-state index contributed by atoms with van der Waals surface area (Å²) >= 11 is 0. The Morgan fingerprint density at radius 3 is 2.71 bits per heavy atom. The number of benzene rings is 1. The first-order valence-corrected chi connectivity index (χ1v) is 5.15. The number of anilines is 1. The van der Waals surface area contributed by atoms with E-state index in [-0.39, 0.29) is 5.41 Å². The molecule has 1 spiro atoms. The maximum absolute atomic E-state index is 11.9. The lowest BCUT2D eigenvalue weighted by Crippen LogP contribution is -2.39. The van der Waals surface area contributed by atoms with Crippen LogP contribution in [0.4, 0.5) is 5.69 Å². The molecule has 0 aromatic heterocycles. The molecule has 1 saturated carbocycles. The Bertz CT molecular complexity index is 418. The van der Waals surface area contributed by atoms with Crippen molar-refractivity contribution in [1.82, 2.24) is 0 Å². The van der Waals surface area contributed by atoms with Crippen LogP contribution in [-0.4, -0.2) is 5.78 Å². The summed E-state index contributed by atoms with van der Waals surface area (Å²) in [5.74, 6) is 0.407. The average molecular weight is 187 g/mol. The maximum Gasteiger partial charge on any atom is 0.147 e. The van der Waals surface area contributed by atoms with E-state index >= 15 is 0 Å². The fourth-order valence-corrected chi connectivity index (χ4v) is 2.76. The average Bonchev–Trinajstić information content (AvgIpc) is 2.35. The molecular formula is C12H13NO. The van der Waals surface area contributed by atoms with Crippen LogP contribution in [0.2, 0.25) is 0 Å². The van der Waals surface area contributed by atoms with Crippen molar-refractivity contribution < 1.29 is 4.79 Å². The lowest BCUT2D eigenvalue weighted by atomic mass is 9.64. The molecule has 0 saturated heterocycles. The summed E-state index contributed by atoms with van der Waals surface area (Å²) < 4.78 is 0. The predicted molar refractivity (Wildman–Crippen MR) is 55.1 cm³/mol. The Morgan fingerprint density at radius 2 is 2.07 bits per heavy atom. The van der Waals surface area contributed by atoms with Gasteiger partial charge in [-0.15, -0.1) is 0 Å². The molecule has 2 heteroatoms. The molecule has 0 amide bonds. The van der Waals surface area contributed by atoms with Crippen LogP contribution in [0.25, 0.3) is 0 Å². The highest BCUT2D eigenvalue weighted by Gasteiger charge is 2.50. The summed E-state index contributed by atoms with van der Waals surface area (Å²) in [6.45, 7) is 0. The molecule has 2 aliphatic carbocycles. The van der Waals surface area contributed by atoms with Crippen molar-refractivity contribution in [1.29, 1.82) is 0 Å². The second-order valence-corrected chi connectivity index (χ2v) is 4.45. The Labute approximate surface area is 83.1 Å². The zero-order chi connectivity index (χ0) is 9.76. The summed E-state index contributed by atoms with van der Waals surface area (Å²) in [5, 5.41) is 0. The molecule has 3 rings (SSSR count). The second kappa shape index (κ2) is 2.38. The van der Waals surface area contributed by atoms with Crippen LogP contribution in [0, 0.1) is 0 Å². The van der Waals surface area contributed by atoms with Crippen molar-refractivity contribution in [2.75, 3.05) is 5.73 Å². The van der Waals surface area contributed by atoms with Crippen LogP contribution < -0.4 is 5.73 Å². The summed E-state index contributed by atoms with van der Waals surface area (Å²) in [6, 6.07) is 5.90. The molecule has 0 radical (unpaired) electrons. The molecule has 2 N–H and O–H groups in total. The number of nitrogens with two attached hydrogens (primary N) is 1. The van der Waals surface area contributed by atoms with Crippen molar-refractivity contribution in [2.45, 2.75) is 31.1 Å². The Hall–Kier alpha value is -1.31. The minimum Gasteiger partial charge on any atom is -0.399 e. The Morgan fingerprint density at radius 1 is 1.29 bits per heavy atom. The SMILES string of the molecule is Nc1ccc2c(c1)C1(CCC1)C(=O)C2. The first-order valence-electron chi connectivity index (χ1n) is 5.15. The van der Waals surface area contributed by atoms with Gasteiger partial charge in [-0.05, 0) is 36.1 Å². The molecule has 0 bridgehead atoms. The van der Waals surface area contributed by atoms with E-state index in [2.05, 4.69) is 0 Å². The van der Waals surface area contributed by atoms with Gasteiger partial charge in [-0.3, -0.25) is 4.79 Å². The van der Waals surface area contributed by atoms with Crippen LogP contribution in [0.3, 0.4) is 0 Å². The Balaban J connectivity index is 2.20. The van der Waals surface area contributed by atoms with Gasteiger partial charge in [-0.25, -0.2) is 0 Å². The number of nitrogen functional groups attached to an aromatic ring is 1. The van der Waals surface area contributed by atoms with E-state index < -0.39 is 0 Å². The number of ketones is 1. The van der Waals surface area contributed by atoms with Crippen molar-refractivity contribution in [2.24, 2.45) is 0 Å². The molecule has 1 aromatic carbocycles. The van der Waals surface area contributed by atoms with Gasteiger partial charge < -0.3 is 5.73 Å². The molecule has 0 heterocycles. The molecule has 0 aliphatic heterocycles. The zero-order valence-corrected chi connectivity index (χ0v) is 8.05. The van der Waals surface area contributed by atoms with Gasteiger partial charge in [-0.1, -0.05) is 12.5 Å². The number of carbonyl (C=O) groups excluding carboxylic acids is 1. The van der Waals surface area contributed by atoms with Crippen LogP contribution in [0.15, 0.2) is 18.2 Å². The monoisotopic (exact) mass is 187 g/mol. The fraction of sp³-hybridized carbons (Fsp3) is 0.417. The molecule has 0 unspecified atom stereocenters. The van der Waals surface area contributed by atoms with Crippen LogP contribution in [0.5, 0.6) is 0 Å². The number of hydrogen-bond donors (Lipinski definition) is 1. The van der Waals surface area contributed by atoms with Gasteiger partial charge in [0.2, 0.25) is 0 Å². The third-order valence-corrected chi connectivity index (χ3v) is 3.74. The molecule has 2 aliphatic rings. The zero-order valence-electron chi connectivity index (χ0n) is 8.05. The summed E-state index contributed by atoms with van der Waals surface area (Å²) in [4.78, 5) is 11.9. The lowest BCUT2D eigenvalue weighted by Gasteiger charge is -2.37. The molecule has 1 fully saturated rings. The first kappa shape index (κ1) is 8.04. The van der Waals surface area contributed by atoms with Crippen molar-refractivity contribution in [3.63, 3.8) is 0 Å². The third-order valence-electron chi connectivity index (χ3n) is 3.74. The Kier molecular flexibility index (Phi) is 1.37. The summed E-state index contributed by atoms with van der Waals surface area (Å²) in [7, 11) is 0. The smallest absolute Gasteiger partial charge is 0.147 e. The van der Waals surface area contributed by atoms with E-state index in [1.54, 1.807) is 0 Å². The van der Waals surface area contributed by atoms with Gasteiger partial charge >= 0.3 is 0 Å². The highest BCUT2D eigenvalue weighted by molar-refractivity contribution is 5.97. The summed E-state index contributed by atoms with van der Waals surface area (Å²) in [5.41, 5.74) is 8.84. The molecule has 2 nitrogen and oxygen atoms in total. The largest absolute Gasteiger partial charge is 0.399 e. The van der Waals surface area contributed by atoms with E-state index in [0.29, 0.717) is 12.2 Å². The van der Waals surface area contributed by atoms with E-state index in [4.69, 9.17) is 5.73 Å². The molecule has 72 valence electrons. The van der Waals surface area contributed by atoms with Gasteiger partial charge in [0, 0.05) is 12.1 Å². The van der Waals surface area contributed by atoms with Gasteiger partial charge in [0.25, 0.3) is 0 Å².